The summed E-state index contributed by atoms with van der Waals surface area (Å²) in [5, 5.41) is 5.11. The fraction of sp³-hybridized carbons (Fsp3) is 0.643. The van der Waals surface area contributed by atoms with Gasteiger partial charge in [-0.05, 0) is 44.5 Å². The molecule has 0 bridgehead atoms. The van der Waals surface area contributed by atoms with Crippen molar-refractivity contribution in [2.45, 2.75) is 115 Å². The van der Waals surface area contributed by atoms with Crippen molar-refractivity contribution < 1.29 is 0 Å². The fourth-order valence-electron chi connectivity index (χ4n) is 9.53. The van der Waals surface area contributed by atoms with Crippen LogP contribution in [0.2, 0.25) is 11.6 Å². The molecule has 2 aromatic carbocycles. The van der Waals surface area contributed by atoms with Crippen LogP contribution < -0.4 is 10.8 Å². The van der Waals surface area contributed by atoms with Crippen LogP contribution in [0.1, 0.15) is 91.9 Å². The Bertz CT molecular complexity index is 871. The van der Waals surface area contributed by atoms with Gasteiger partial charge >= 0.3 is 0 Å². The van der Waals surface area contributed by atoms with E-state index in [1.807, 2.05) is 10.8 Å². The zero-order valence-electron chi connectivity index (χ0n) is 19.9. The summed E-state index contributed by atoms with van der Waals surface area (Å²) in [6, 6.07) is 14.9. The van der Waals surface area contributed by atoms with Crippen LogP contribution >= 0.6 is 7.14 Å². The highest BCUT2D eigenvalue weighted by atomic mass is 31.2. The van der Waals surface area contributed by atoms with Crippen molar-refractivity contribution in [3.05, 3.63) is 36.4 Å². The summed E-state index contributed by atoms with van der Waals surface area (Å²) in [6.45, 7) is 10.5. The van der Waals surface area contributed by atoms with Crippen molar-refractivity contribution in [3.63, 3.8) is 0 Å². The fourth-order valence-corrected chi connectivity index (χ4v) is 17.9. The number of hydrogen-bond acceptors (Lipinski definition) is 0. The van der Waals surface area contributed by atoms with Crippen LogP contribution in [0.3, 0.4) is 0 Å². The highest BCUT2D eigenvalue weighted by Gasteiger charge is 2.67. The predicted molar refractivity (Wildman–Crippen MR) is 140 cm³/mol. The topological polar surface area (TPSA) is 0 Å². The van der Waals surface area contributed by atoms with Gasteiger partial charge in [0.15, 0.2) is 0 Å². The van der Waals surface area contributed by atoms with Crippen LogP contribution in [0.25, 0.3) is 10.8 Å². The highest BCUT2D eigenvalue weighted by Crippen LogP contribution is 2.81. The molecule has 2 heteroatoms. The Balaban J connectivity index is 1.90. The maximum Gasteiger partial charge on any atom is 0.206 e. The molecule has 0 amide bonds. The largest absolute Gasteiger partial charge is 0.206 e. The Morgan fingerprint density at radius 2 is 1.20 bits per heavy atom. The second kappa shape index (κ2) is 7.96. The van der Waals surface area contributed by atoms with E-state index in [9.17, 15) is 0 Å². The van der Waals surface area contributed by atoms with Gasteiger partial charge in [0.05, 0.1) is 5.30 Å². The van der Waals surface area contributed by atoms with Crippen LogP contribution in [0, 0.1) is 0 Å². The molecule has 1 heterocycles. The second-order valence-corrected chi connectivity index (χ2v) is 16.6. The van der Waals surface area contributed by atoms with Crippen LogP contribution in [-0.4, -0.2) is 17.2 Å². The number of benzene rings is 2. The van der Waals surface area contributed by atoms with Crippen LogP contribution in [-0.2, 0) is 0 Å². The minimum Gasteiger partial charge on any atom is -0.154 e. The minimum absolute atomic E-state index is 0.542. The van der Waals surface area contributed by atoms with Crippen molar-refractivity contribution in [1.29, 1.82) is 0 Å². The average Bonchev–Trinajstić information content (AvgIpc) is 3.05. The standard InChI is InChI=1S/C28H42BP/c1-21(2)30(22(3)4)27-20-12-14-23-13-11-19-26(28(23)27)29(30,24-15-7-5-8-16-24)25-17-9-6-10-18-25/h11-14,19-22,24-25H,5-10,15-18H2,1-4H3. The van der Waals surface area contributed by atoms with E-state index in [1.54, 1.807) is 5.39 Å². The summed E-state index contributed by atoms with van der Waals surface area (Å²) in [7, 11) is -1.36. The molecule has 0 unspecified atom stereocenters. The summed E-state index contributed by atoms with van der Waals surface area (Å²) in [6.07, 6.45) is 14.9. The van der Waals surface area contributed by atoms with Crippen LogP contribution in [0.5, 0.6) is 0 Å². The molecular formula is C28H42BP. The lowest BCUT2D eigenvalue weighted by Gasteiger charge is -2.61. The lowest BCUT2D eigenvalue weighted by Crippen LogP contribution is -2.59. The number of rotatable bonds is 4. The zero-order chi connectivity index (χ0) is 20.9. The first-order valence-corrected chi connectivity index (χ1v) is 15.1. The molecule has 0 spiro atoms. The predicted octanol–water partition coefficient (Wildman–Crippen LogP) is 8.13. The third-order valence-electron chi connectivity index (χ3n) is 9.98. The van der Waals surface area contributed by atoms with Gasteiger partial charge in [-0.25, -0.2) is 0 Å². The number of hydrogen-bond donors (Lipinski definition) is 0. The molecule has 2 aromatic rings. The average molecular weight is 420 g/mol. The van der Waals surface area contributed by atoms with Crippen molar-refractivity contribution in [1.82, 2.24) is 0 Å². The Morgan fingerprint density at radius 3 is 1.70 bits per heavy atom. The summed E-state index contributed by atoms with van der Waals surface area (Å²) in [5.41, 5.74) is 3.45. The maximum absolute atomic E-state index is 2.64. The maximum atomic E-state index is 2.64. The molecule has 2 saturated carbocycles. The van der Waals surface area contributed by atoms with Crippen molar-refractivity contribution in [2.24, 2.45) is 0 Å². The minimum atomic E-state index is -1.36. The van der Waals surface area contributed by atoms with E-state index in [4.69, 9.17) is 0 Å². The molecule has 0 radical (unpaired) electrons. The Kier molecular flexibility index (Phi) is 5.59. The van der Waals surface area contributed by atoms with Crippen molar-refractivity contribution >= 4 is 34.5 Å². The second-order valence-electron chi connectivity index (χ2n) is 11.5. The van der Waals surface area contributed by atoms with Gasteiger partial charge in [-0.3, -0.25) is 0 Å². The van der Waals surface area contributed by atoms with E-state index in [-0.39, 0.29) is 0 Å². The molecule has 5 rings (SSSR count). The molecule has 162 valence electrons. The van der Waals surface area contributed by atoms with E-state index >= 15 is 0 Å². The van der Waals surface area contributed by atoms with E-state index in [0.29, 0.717) is 0 Å². The lowest BCUT2D eigenvalue weighted by molar-refractivity contribution is 0.461. The van der Waals surface area contributed by atoms with E-state index in [2.05, 4.69) is 64.1 Å². The molecule has 1 aliphatic heterocycles. The first-order chi connectivity index (χ1) is 14.6. The molecule has 0 atom stereocenters. The molecular weight excluding hydrogens is 378 g/mol. The Labute approximate surface area is 185 Å². The molecule has 0 N–H and O–H groups in total. The van der Waals surface area contributed by atoms with E-state index in [1.165, 1.54) is 69.6 Å². The van der Waals surface area contributed by atoms with Gasteiger partial charge in [-0.2, -0.15) is 5.46 Å². The van der Waals surface area contributed by atoms with Gasteiger partial charge < -0.3 is 0 Å². The molecule has 3 aliphatic rings. The molecule has 0 aromatic heterocycles. The summed E-state index contributed by atoms with van der Waals surface area (Å²) in [4.78, 5) is 0. The van der Waals surface area contributed by atoms with Gasteiger partial charge in [0.1, 0.15) is 0 Å². The summed E-state index contributed by atoms with van der Waals surface area (Å²) in [5.74, 6) is 1.37. The normalized spacial score (nSPS) is 24.2. The van der Waals surface area contributed by atoms with E-state index < -0.39 is 13.0 Å². The van der Waals surface area contributed by atoms with Gasteiger partial charge in [0, 0.05) is 11.3 Å². The quantitative estimate of drug-likeness (QED) is 0.346. The van der Waals surface area contributed by atoms with Crippen LogP contribution in [0.4, 0.5) is 0 Å². The van der Waals surface area contributed by atoms with Crippen molar-refractivity contribution in [3.8, 4) is 0 Å². The zero-order valence-corrected chi connectivity index (χ0v) is 20.8. The molecule has 0 saturated heterocycles. The first kappa shape index (κ1) is 21.1. The Morgan fingerprint density at radius 1 is 0.700 bits per heavy atom. The van der Waals surface area contributed by atoms with Gasteiger partial charge in [-0.15, -0.1) is 18.8 Å². The smallest absolute Gasteiger partial charge is 0.154 e. The summed E-state index contributed by atoms with van der Waals surface area (Å²) < 4.78 is 0. The molecule has 30 heavy (non-hydrogen) atoms. The molecule has 2 aliphatic carbocycles. The van der Waals surface area contributed by atoms with Crippen LogP contribution in [0.15, 0.2) is 36.4 Å². The Hall–Kier alpha value is -0.805. The van der Waals surface area contributed by atoms with Gasteiger partial charge in [-0.1, -0.05) is 94.5 Å². The highest BCUT2D eigenvalue weighted by molar-refractivity contribution is 8.17. The first-order valence-electron chi connectivity index (χ1n) is 13.1. The van der Waals surface area contributed by atoms with Crippen molar-refractivity contribution in [2.75, 3.05) is 0 Å². The monoisotopic (exact) mass is 420 g/mol. The van der Waals surface area contributed by atoms with Gasteiger partial charge in [0.2, 0.25) is 5.87 Å². The SMILES string of the molecule is CC(C)[P+]1(C(C)C)c2cccc3cccc(c23)[B-]1(C1CCCCC1)C1CCCCC1. The third-order valence-corrected chi connectivity index (χ3v) is 17.1. The summed E-state index contributed by atoms with van der Waals surface area (Å²) >= 11 is 0. The third kappa shape index (κ3) is 2.63. The van der Waals surface area contributed by atoms with E-state index in [0.717, 1.165) is 23.0 Å². The molecule has 2 fully saturated rings. The molecule has 0 nitrogen and oxygen atoms in total. The van der Waals surface area contributed by atoms with Gasteiger partial charge in [0.25, 0.3) is 0 Å². The lowest BCUT2D eigenvalue weighted by atomic mass is 9.25.